The van der Waals surface area contributed by atoms with Gasteiger partial charge >= 0.3 is 6.98 Å². The molecule has 5 rings (SSSR count). The number of para-hydroxylation sites is 2. The number of benzene rings is 1. The molecule has 4 nitrogen and oxygen atoms in total. The van der Waals surface area contributed by atoms with E-state index in [2.05, 4.69) is 109 Å². The van der Waals surface area contributed by atoms with Crippen molar-refractivity contribution in [2.24, 2.45) is 0 Å². The van der Waals surface area contributed by atoms with E-state index in [4.69, 9.17) is 0 Å². The maximum absolute atomic E-state index is 4.61. The predicted molar refractivity (Wildman–Crippen MR) is 125 cm³/mol. The van der Waals surface area contributed by atoms with Crippen molar-refractivity contribution >= 4 is 24.2 Å². The number of rotatable bonds is 3. The van der Waals surface area contributed by atoms with E-state index in [1.54, 1.807) is 0 Å². The van der Waals surface area contributed by atoms with E-state index in [0.717, 1.165) is 24.1 Å². The van der Waals surface area contributed by atoms with E-state index in [9.17, 15) is 0 Å². The monoisotopic (exact) mass is 397 g/mol. The zero-order valence-corrected chi connectivity index (χ0v) is 18.6. The Morgan fingerprint density at radius 2 is 1.67 bits per heavy atom. The molecule has 30 heavy (non-hydrogen) atoms. The van der Waals surface area contributed by atoms with Crippen LogP contribution in [0.2, 0.25) is 5.31 Å². The fourth-order valence-electron chi connectivity index (χ4n) is 5.82. The smallest absolute Gasteiger partial charge is 0.373 e. The van der Waals surface area contributed by atoms with Crippen LogP contribution in [0.3, 0.4) is 0 Å². The molecule has 2 unspecified atom stereocenters. The summed E-state index contributed by atoms with van der Waals surface area (Å²) in [4.78, 5) is 9.65. The maximum Gasteiger partial charge on any atom is 0.512 e. The summed E-state index contributed by atoms with van der Waals surface area (Å²) in [5, 5.41) is 0.0515. The highest BCUT2D eigenvalue weighted by molar-refractivity contribution is 6.74. The highest BCUT2D eigenvalue weighted by Crippen LogP contribution is 2.59. The predicted octanol–water partition coefficient (Wildman–Crippen LogP) is 5.42. The molecule has 0 N–H and O–H groups in total. The lowest BCUT2D eigenvalue weighted by Crippen LogP contribution is -2.74. The summed E-state index contributed by atoms with van der Waals surface area (Å²) in [6, 6.07) is 19.4. The van der Waals surface area contributed by atoms with Crippen LogP contribution in [0, 0.1) is 0 Å². The Labute approximate surface area is 180 Å². The maximum atomic E-state index is 4.61. The Morgan fingerprint density at radius 3 is 2.33 bits per heavy atom. The molecule has 2 aliphatic heterocycles. The van der Waals surface area contributed by atoms with Crippen LogP contribution < -0.4 is 14.2 Å². The van der Waals surface area contributed by atoms with Gasteiger partial charge in [-0.05, 0) is 57.1 Å². The summed E-state index contributed by atoms with van der Waals surface area (Å²) in [5.74, 6) is 1.26. The molecule has 0 aliphatic carbocycles. The SMILES string of the molecule is CCC1(C)B2N(C)c3ccccc3N2c2ccc(-c3ccccn3)c[n+]2C1(C)CC. The molecule has 5 heteroatoms. The van der Waals surface area contributed by atoms with E-state index < -0.39 is 0 Å². The summed E-state index contributed by atoms with van der Waals surface area (Å²) < 4.78 is 2.53. The van der Waals surface area contributed by atoms with Gasteiger partial charge < -0.3 is 4.81 Å². The molecule has 0 radical (unpaired) electrons. The molecule has 152 valence electrons. The lowest BCUT2D eigenvalue weighted by atomic mass is 9.39. The number of pyridine rings is 2. The largest absolute Gasteiger partial charge is 0.512 e. The van der Waals surface area contributed by atoms with Crippen molar-refractivity contribution in [2.75, 3.05) is 16.7 Å². The molecule has 0 fully saturated rings. The average Bonchev–Trinajstić information content (AvgIpc) is 3.11. The zero-order chi connectivity index (χ0) is 21.1. The van der Waals surface area contributed by atoms with E-state index >= 15 is 0 Å². The summed E-state index contributed by atoms with van der Waals surface area (Å²) in [5.41, 5.74) is 4.76. The van der Waals surface area contributed by atoms with Crippen LogP contribution in [0.4, 0.5) is 17.2 Å². The van der Waals surface area contributed by atoms with Crippen molar-refractivity contribution < 1.29 is 4.57 Å². The Kier molecular flexibility index (Phi) is 4.21. The Balaban J connectivity index is 1.80. The molecule has 3 aromatic rings. The lowest BCUT2D eigenvalue weighted by molar-refractivity contribution is -0.758. The minimum Gasteiger partial charge on any atom is -0.373 e. The summed E-state index contributed by atoms with van der Waals surface area (Å²) in [6.45, 7) is 9.87. The van der Waals surface area contributed by atoms with Crippen LogP contribution >= 0.6 is 0 Å². The van der Waals surface area contributed by atoms with Gasteiger partial charge in [0.1, 0.15) is 17.4 Å². The molecule has 0 amide bonds. The fourth-order valence-corrected chi connectivity index (χ4v) is 5.82. The summed E-state index contributed by atoms with van der Waals surface area (Å²) in [6.07, 6.45) is 6.36. The third kappa shape index (κ3) is 2.29. The molecular formula is C25H30BN4+. The fraction of sp³-hybridized carbons (Fsp3) is 0.360. The van der Waals surface area contributed by atoms with Gasteiger partial charge in [0.25, 0.3) is 5.82 Å². The van der Waals surface area contributed by atoms with Crippen LogP contribution in [-0.4, -0.2) is 19.0 Å². The van der Waals surface area contributed by atoms with Gasteiger partial charge in [-0.25, -0.2) is 4.57 Å². The number of fused-ring (bicyclic) bond motifs is 5. The standard InChI is InChI=1S/C25H30BN4/c1-6-24(3)25(4,7-2)29-18-19(20-12-10-11-17-27-20)15-16-23(29)30-22-14-9-8-13-21(22)28(5)26(24)30/h8-18H,6-7H2,1-5H3/q+1. The van der Waals surface area contributed by atoms with E-state index in [0.29, 0.717) is 0 Å². The Morgan fingerprint density at radius 1 is 0.933 bits per heavy atom. The second kappa shape index (κ2) is 6.59. The number of aromatic nitrogens is 2. The second-order valence-electron chi connectivity index (χ2n) is 9.10. The second-order valence-corrected chi connectivity index (χ2v) is 9.10. The number of hydrogen-bond acceptors (Lipinski definition) is 3. The van der Waals surface area contributed by atoms with Crippen LogP contribution in [0.5, 0.6) is 0 Å². The van der Waals surface area contributed by atoms with Crippen molar-refractivity contribution in [1.29, 1.82) is 0 Å². The van der Waals surface area contributed by atoms with Gasteiger partial charge in [0.15, 0.2) is 0 Å². The molecule has 2 atom stereocenters. The van der Waals surface area contributed by atoms with Gasteiger partial charge in [-0.2, -0.15) is 0 Å². The van der Waals surface area contributed by atoms with Crippen LogP contribution in [-0.2, 0) is 5.54 Å². The minimum atomic E-state index is -0.0284. The molecular weight excluding hydrogens is 367 g/mol. The zero-order valence-electron chi connectivity index (χ0n) is 18.6. The minimum absolute atomic E-state index is 0.0284. The number of nitrogens with zero attached hydrogens (tertiary/aromatic N) is 4. The number of hydrogen-bond donors (Lipinski definition) is 0. The van der Waals surface area contributed by atoms with Gasteiger partial charge in [0, 0.05) is 17.8 Å². The number of anilines is 3. The van der Waals surface area contributed by atoms with Crippen LogP contribution in [0.25, 0.3) is 11.3 Å². The van der Waals surface area contributed by atoms with Gasteiger partial charge in [0.05, 0.1) is 16.7 Å². The Bertz CT molecular complexity index is 1100. The quantitative estimate of drug-likeness (QED) is 0.435. The topological polar surface area (TPSA) is 23.2 Å². The van der Waals surface area contributed by atoms with Crippen LogP contribution in [0.1, 0.15) is 40.5 Å². The van der Waals surface area contributed by atoms with Crippen molar-refractivity contribution in [2.45, 2.75) is 51.4 Å². The van der Waals surface area contributed by atoms with Crippen molar-refractivity contribution in [3.05, 3.63) is 67.0 Å². The highest BCUT2D eigenvalue weighted by Gasteiger charge is 2.69. The lowest BCUT2D eigenvalue weighted by Gasteiger charge is -2.51. The van der Waals surface area contributed by atoms with Gasteiger partial charge in [-0.15, -0.1) is 0 Å². The van der Waals surface area contributed by atoms with Gasteiger partial charge in [-0.1, -0.05) is 39.0 Å². The van der Waals surface area contributed by atoms with Crippen LogP contribution in [0.15, 0.2) is 67.0 Å². The molecule has 1 aromatic carbocycles. The molecule has 4 heterocycles. The summed E-state index contributed by atoms with van der Waals surface area (Å²) in [7, 11) is 2.26. The highest BCUT2D eigenvalue weighted by atomic mass is 15.4. The van der Waals surface area contributed by atoms with E-state index in [1.165, 1.54) is 17.2 Å². The average molecular weight is 397 g/mol. The van der Waals surface area contributed by atoms with Crippen molar-refractivity contribution in [1.82, 2.24) is 4.98 Å². The third-order valence-corrected chi connectivity index (χ3v) is 8.02. The van der Waals surface area contributed by atoms with Gasteiger partial charge in [-0.3, -0.25) is 9.79 Å². The molecule has 0 spiro atoms. The normalized spacial score (nSPS) is 24.5. The van der Waals surface area contributed by atoms with Crippen molar-refractivity contribution in [3.8, 4) is 11.3 Å². The van der Waals surface area contributed by atoms with E-state index in [-0.39, 0.29) is 17.8 Å². The van der Waals surface area contributed by atoms with Crippen molar-refractivity contribution in [3.63, 3.8) is 0 Å². The molecule has 2 aliphatic rings. The first-order chi connectivity index (χ1) is 14.5. The Hall–Kier alpha value is -2.82. The molecule has 0 saturated heterocycles. The van der Waals surface area contributed by atoms with E-state index in [1.807, 2.05) is 12.3 Å². The molecule has 2 aromatic heterocycles. The van der Waals surface area contributed by atoms with Gasteiger partial charge in [0.2, 0.25) is 0 Å². The first-order valence-corrected chi connectivity index (χ1v) is 11.0. The first-order valence-electron chi connectivity index (χ1n) is 11.0. The third-order valence-electron chi connectivity index (χ3n) is 8.02. The first kappa shape index (κ1) is 19.2. The molecule has 0 bridgehead atoms. The molecule has 0 saturated carbocycles. The summed E-state index contributed by atoms with van der Waals surface area (Å²) >= 11 is 0.